The Labute approximate surface area is 133 Å². The maximum Gasteiger partial charge on any atom is 0.213 e. The molecule has 0 aliphatic rings. The summed E-state index contributed by atoms with van der Waals surface area (Å²) in [6.07, 6.45) is 1.77. The van der Waals surface area contributed by atoms with Gasteiger partial charge < -0.3 is 14.8 Å². The number of nitrogens with one attached hydrogen (secondary N) is 1. The maximum absolute atomic E-state index is 5.44. The molecule has 0 amide bonds. The number of hydrogen-bond acceptors (Lipinski definition) is 4. The topological polar surface area (TPSA) is 43.4 Å². The molecule has 1 aromatic carbocycles. The molecule has 0 aliphatic heterocycles. The van der Waals surface area contributed by atoms with Gasteiger partial charge in [-0.15, -0.1) is 0 Å². The summed E-state index contributed by atoms with van der Waals surface area (Å²) in [5.74, 6) is 0.603. The van der Waals surface area contributed by atoms with Crippen LogP contribution in [0.2, 0.25) is 0 Å². The largest absolute Gasteiger partial charge is 0.475 e. The van der Waals surface area contributed by atoms with Gasteiger partial charge in [-0.1, -0.05) is 34.1 Å². The number of pyridine rings is 1. The summed E-state index contributed by atoms with van der Waals surface area (Å²) in [5, 5.41) is 3.42. The number of hydrogen-bond donors (Lipinski definition) is 1. The first-order chi connectivity index (χ1) is 10.2. The zero-order valence-electron chi connectivity index (χ0n) is 12.2. The van der Waals surface area contributed by atoms with Crippen molar-refractivity contribution in [1.82, 2.24) is 4.98 Å². The molecule has 1 atom stereocenters. The van der Waals surface area contributed by atoms with Crippen LogP contribution in [0.5, 0.6) is 5.88 Å². The number of benzene rings is 1. The Morgan fingerprint density at radius 3 is 2.67 bits per heavy atom. The second-order valence-electron chi connectivity index (χ2n) is 4.61. The second kappa shape index (κ2) is 8.00. The normalized spacial score (nSPS) is 12.0. The van der Waals surface area contributed by atoms with Crippen molar-refractivity contribution in [3.63, 3.8) is 0 Å². The molecule has 2 aromatic rings. The number of halogens is 1. The Morgan fingerprint density at radius 2 is 2.00 bits per heavy atom. The van der Waals surface area contributed by atoms with Crippen LogP contribution in [0.3, 0.4) is 0 Å². The zero-order chi connectivity index (χ0) is 15.1. The average Bonchev–Trinajstić information content (AvgIpc) is 2.49. The summed E-state index contributed by atoms with van der Waals surface area (Å²) in [4.78, 5) is 4.27. The number of nitrogens with zero attached hydrogens (tertiary/aromatic N) is 1. The lowest BCUT2D eigenvalue weighted by atomic mass is 10.1. The molecule has 0 saturated carbocycles. The number of aromatic nitrogens is 1. The lowest BCUT2D eigenvalue weighted by molar-refractivity contribution is 0.144. The number of rotatable bonds is 7. The Balaban J connectivity index is 1.95. The van der Waals surface area contributed by atoms with Crippen LogP contribution >= 0.6 is 15.9 Å². The van der Waals surface area contributed by atoms with Crippen LogP contribution in [-0.2, 0) is 4.74 Å². The van der Waals surface area contributed by atoms with Gasteiger partial charge in [0.1, 0.15) is 6.61 Å². The smallest absolute Gasteiger partial charge is 0.213 e. The van der Waals surface area contributed by atoms with Crippen molar-refractivity contribution in [2.24, 2.45) is 0 Å². The van der Waals surface area contributed by atoms with Crippen molar-refractivity contribution < 1.29 is 9.47 Å². The van der Waals surface area contributed by atoms with Gasteiger partial charge in [-0.2, -0.15) is 0 Å². The number of methoxy groups -OCH3 is 1. The molecule has 0 spiro atoms. The zero-order valence-corrected chi connectivity index (χ0v) is 13.8. The lowest BCUT2D eigenvalue weighted by Gasteiger charge is -2.17. The first kappa shape index (κ1) is 15.8. The molecule has 1 heterocycles. The molecule has 112 valence electrons. The van der Waals surface area contributed by atoms with Gasteiger partial charge in [0, 0.05) is 23.7 Å². The van der Waals surface area contributed by atoms with E-state index in [4.69, 9.17) is 9.47 Å². The first-order valence-corrected chi connectivity index (χ1v) is 7.58. The highest BCUT2D eigenvalue weighted by atomic mass is 79.9. The summed E-state index contributed by atoms with van der Waals surface area (Å²) >= 11 is 3.57. The van der Waals surface area contributed by atoms with E-state index in [0.29, 0.717) is 19.1 Å². The van der Waals surface area contributed by atoms with Gasteiger partial charge >= 0.3 is 0 Å². The van der Waals surface area contributed by atoms with Crippen molar-refractivity contribution in [3.8, 4) is 5.88 Å². The fourth-order valence-corrected chi connectivity index (χ4v) is 2.56. The molecule has 1 aromatic heterocycles. The monoisotopic (exact) mass is 350 g/mol. The van der Waals surface area contributed by atoms with Gasteiger partial charge in [0.05, 0.1) is 18.5 Å². The molecule has 0 fully saturated rings. The molecule has 1 unspecified atom stereocenters. The Bertz CT molecular complexity index is 560. The molecule has 2 rings (SSSR count). The van der Waals surface area contributed by atoms with Gasteiger partial charge in [-0.25, -0.2) is 4.98 Å². The van der Waals surface area contributed by atoms with Crippen molar-refractivity contribution in [3.05, 3.63) is 52.6 Å². The predicted molar refractivity (Wildman–Crippen MR) is 87.8 cm³/mol. The van der Waals surface area contributed by atoms with Crippen LogP contribution in [0.15, 0.2) is 47.1 Å². The minimum atomic E-state index is 0.183. The minimum absolute atomic E-state index is 0.183. The Kier molecular flexibility index (Phi) is 6.02. The Hall–Kier alpha value is -1.59. The summed E-state index contributed by atoms with van der Waals surface area (Å²) in [6, 6.07) is 12.2. The fraction of sp³-hybridized carbons (Fsp3) is 0.312. The molecule has 5 heteroatoms. The van der Waals surface area contributed by atoms with Crippen LogP contribution in [0.4, 0.5) is 5.69 Å². The quantitative estimate of drug-likeness (QED) is 0.765. The van der Waals surface area contributed by atoms with Crippen molar-refractivity contribution >= 4 is 21.6 Å². The van der Waals surface area contributed by atoms with E-state index in [0.717, 1.165) is 10.2 Å². The van der Waals surface area contributed by atoms with Crippen LogP contribution in [0.1, 0.15) is 18.5 Å². The van der Waals surface area contributed by atoms with E-state index >= 15 is 0 Å². The van der Waals surface area contributed by atoms with E-state index in [9.17, 15) is 0 Å². The molecule has 0 radical (unpaired) electrons. The molecule has 0 saturated heterocycles. The van der Waals surface area contributed by atoms with E-state index in [1.54, 1.807) is 13.3 Å². The van der Waals surface area contributed by atoms with Gasteiger partial charge in [0.2, 0.25) is 5.88 Å². The third-order valence-electron chi connectivity index (χ3n) is 3.03. The average molecular weight is 351 g/mol. The summed E-state index contributed by atoms with van der Waals surface area (Å²) in [6.45, 7) is 3.17. The van der Waals surface area contributed by atoms with Crippen LogP contribution < -0.4 is 10.1 Å². The molecular formula is C16H19BrN2O2. The minimum Gasteiger partial charge on any atom is -0.475 e. The standard InChI is InChI=1S/C16H19BrN2O2/c1-12(14-5-3-4-6-15(14)17)19-13-7-8-16(18-11-13)21-10-9-20-2/h3-8,11-12,19H,9-10H2,1-2H3. The molecule has 4 nitrogen and oxygen atoms in total. The second-order valence-corrected chi connectivity index (χ2v) is 5.47. The highest BCUT2D eigenvalue weighted by Crippen LogP contribution is 2.26. The fourth-order valence-electron chi connectivity index (χ4n) is 1.93. The highest BCUT2D eigenvalue weighted by molar-refractivity contribution is 9.10. The Morgan fingerprint density at radius 1 is 1.19 bits per heavy atom. The third kappa shape index (κ3) is 4.72. The third-order valence-corrected chi connectivity index (χ3v) is 3.75. The lowest BCUT2D eigenvalue weighted by Crippen LogP contribution is -2.08. The van der Waals surface area contributed by atoms with E-state index < -0.39 is 0 Å². The van der Waals surface area contributed by atoms with E-state index in [-0.39, 0.29) is 6.04 Å². The van der Waals surface area contributed by atoms with Crippen molar-refractivity contribution in [2.45, 2.75) is 13.0 Å². The number of ether oxygens (including phenoxy) is 2. The SMILES string of the molecule is COCCOc1ccc(NC(C)c2ccccc2Br)cn1. The van der Waals surface area contributed by atoms with Gasteiger partial charge in [-0.3, -0.25) is 0 Å². The van der Waals surface area contributed by atoms with Crippen LogP contribution in [-0.4, -0.2) is 25.3 Å². The van der Waals surface area contributed by atoms with Crippen LogP contribution in [0.25, 0.3) is 0 Å². The number of anilines is 1. The van der Waals surface area contributed by atoms with Crippen LogP contribution in [0, 0.1) is 0 Å². The van der Waals surface area contributed by atoms with Crippen molar-refractivity contribution in [1.29, 1.82) is 0 Å². The maximum atomic E-state index is 5.44. The highest BCUT2D eigenvalue weighted by Gasteiger charge is 2.08. The van der Waals surface area contributed by atoms with Gasteiger partial charge in [0.25, 0.3) is 0 Å². The summed E-state index contributed by atoms with van der Waals surface area (Å²) in [5.41, 5.74) is 2.16. The molecule has 1 N–H and O–H groups in total. The van der Waals surface area contributed by atoms with Gasteiger partial charge in [-0.05, 0) is 24.6 Å². The van der Waals surface area contributed by atoms with E-state index in [1.807, 2.05) is 30.3 Å². The summed E-state index contributed by atoms with van der Waals surface area (Å²) in [7, 11) is 1.65. The van der Waals surface area contributed by atoms with Gasteiger partial charge in [0.15, 0.2) is 0 Å². The molecule has 0 bridgehead atoms. The molecule has 0 aliphatic carbocycles. The molecule has 21 heavy (non-hydrogen) atoms. The first-order valence-electron chi connectivity index (χ1n) is 6.79. The van der Waals surface area contributed by atoms with Crippen molar-refractivity contribution in [2.75, 3.05) is 25.6 Å². The van der Waals surface area contributed by atoms with E-state index in [1.165, 1.54) is 5.56 Å². The van der Waals surface area contributed by atoms with E-state index in [2.05, 4.69) is 39.2 Å². The predicted octanol–water partition coefficient (Wildman–Crippen LogP) is 4.04. The molecular weight excluding hydrogens is 332 g/mol. The summed E-state index contributed by atoms with van der Waals surface area (Å²) < 4.78 is 11.5.